The minimum absolute atomic E-state index is 0.0735. The second kappa shape index (κ2) is 11.9. The highest BCUT2D eigenvalue weighted by molar-refractivity contribution is 7.15. The maximum absolute atomic E-state index is 4.90. The first-order chi connectivity index (χ1) is 29.1. The van der Waals surface area contributed by atoms with E-state index < -0.39 is 0 Å². The Labute approximate surface area is 350 Å². The molecule has 0 radical (unpaired) electrons. The van der Waals surface area contributed by atoms with Crippen molar-refractivity contribution in [2.45, 2.75) is 49.5 Å². The van der Waals surface area contributed by atoms with Gasteiger partial charge < -0.3 is 0 Å². The molecule has 1 fully saturated rings. The van der Waals surface area contributed by atoms with Crippen LogP contribution in [0.2, 0.25) is 0 Å². The van der Waals surface area contributed by atoms with Crippen molar-refractivity contribution in [2.75, 3.05) is 0 Å². The maximum atomic E-state index is 4.90. The standard InChI is InChI=1S/C53H39N4S2/c1-3-51-32-52(45-23-12-11-21-41(45)43-27-29-58-50(43)52)53(51,4-2)56-28-26-34-15-6-8-18-36(34)48(56)44-30-47(59-49(44)51)57-31-46(54-55-57)42-25-24-40(38-19-9-10-20-39(38)42)37-22-13-16-33-14-5-7-17-35(33)37/h5-31H,3-4,32H2,1-2H3/q+1. The normalized spacial score (nSPS) is 21.0. The Balaban J connectivity index is 1.000. The van der Waals surface area contributed by atoms with E-state index in [-0.39, 0.29) is 16.4 Å². The van der Waals surface area contributed by atoms with Gasteiger partial charge in [0.15, 0.2) is 11.7 Å². The minimum Gasteiger partial charge on any atom is -0.210 e. The highest BCUT2D eigenvalue weighted by Gasteiger charge is 2.84. The van der Waals surface area contributed by atoms with Crippen LogP contribution in [0.1, 0.15) is 48.4 Å². The Hall–Kier alpha value is -6.21. The predicted molar refractivity (Wildman–Crippen MR) is 244 cm³/mol. The van der Waals surface area contributed by atoms with E-state index in [1.165, 1.54) is 81.1 Å². The largest absolute Gasteiger partial charge is 0.222 e. The molecule has 3 atom stereocenters. The lowest BCUT2D eigenvalue weighted by Crippen LogP contribution is -2.85. The number of thiophene rings is 2. The second-order valence-corrected chi connectivity index (χ2v) is 18.6. The Morgan fingerprint density at radius 1 is 0.610 bits per heavy atom. The molecule has 3 aliphatic rings. The molecule has 3 unspecified atom stereocenters. The van der Waals surface area contributed by atoms with Crippen LogP contribution in [0, 0.1) is 0 Å². The maximum Gasteiger partial charge on any atom is 0.222 e. The molecule has 1 aliphatic heterocycles. The van der Waals surface area contributed by atoms with Crippen molar-refractivity contribution in [3.8, 4) is 49.8 Å². The van der Waals surface area contributed by atoms with Gasteiger partial charge in [0.05, 0.1) is 28.0 Å². The molecular formula is C53H39N4S2+. The molecule has 1 saturated carbocycles. The van der Waals surface area contributed by atoms with Gasteiger partial charge >= 0.3 is 0 Å². The summed E-state index contributed by atoms with van der Waals surface area (Å²) in [4.78, 5) is 3.03. The SMILES string of the molecule is CCC12CC3(c4ccccc4-c4ccsc43)C1(CC)[n+]1ccc3ccccc3c1-c1cc(-n3cc(-c4ccc(-c5cccc6ccccc56)c5ccccc45)nn3)sc12. The van der Waals surface area contributed by atoms with E-state index in [4.69, 9.17) is 10.3 Å². The fourth-order valence-corrected chi connectivity index (χ4v) is 14.9. The number of aromatic nitrogens is 4. The van der Waals surface area contributed by atoms with Crippen LogP contribution in [0.25, 0.3) is 82.1 Å². The Kier molecular flexibility index (Phi) is 6.82. The van der Waals surface area contributed by atoms with Crippen LogP contribution in [-0.2, 0) is 16.4 Å². The molecule has 4 nitrogen and oxygen atoms in total. The molecule has 6 heteroatoms. The van der Waals surface area contributed by atoms with E-state index in [9.17, 15) is 0 Å². The number of rotatable bonds is 5. The third-order valence-corrected chi connectivity index (χ3v) is 17.0. The van der Waals surface area contributed by atoms with Gasteiger partial charge in [0.25, 0.3) is 0 Å². The van der Waals surface area contributed by atoms with Gasteiger partial charge in [0.1, 0.15) is 10.7 Å². The van der Waals surface area contributed by atoms with Gasteiger partial charge in [-0.25, -0.2) is 4.68 Å². The van der Waals surface area contributed by atoms with Crippen LogP contribution in [0.5, 0.6) is 0 Å². The molecule has 10 aromatic rings. The Bertz CT molecular complexity index is 3380. The molecule has 6 aromatic carbocycles. The average molecular weight is 796 g/mol. The lowest BCUT2D eigenvalue weighted by Gasteiger charge is -2.67. The fourth-order valence-electron chi connectivity index (χ4n) is 12.3. The molecule has 13 rings (SSSR count). The molecule has 59 heavy (non-hydrogen) atoms. The van der Waals surface area contributed by atoms with Crippen molar-refractivity contribution in [3.05, 3.63) is 179 Å². The average Bonchev–Trinajstić information content (AvgIpc) is 4.11. The highest BCUT2D eigenvalue weighted by Crippen LogP contribution is 2.77. The van der Waals surface area contributed by atoms with Crippen molar-refractivity contribution in [3.63, 3.8) is 0 Å². The fraction of sp³-hybridized carbons (Fsp3) is 0.151. The molecular weight excluding hydrogens is 757 g/mol. The van der Waals surface area contributed by atoms with Gasteiger partial charge in [-0.05, 0) is 91.2 Å². The zero-order chi connectivity index (χ0) is 39.1. The summed E-state index contributed by atoms with van der Waals surface area (Å²) in [5.74, 6) is 0. The summed E-state index contributed by atoms with van der Waals surface area (Å²) in [5.41, 5.74) is 11.0. The highest BCUT2D eigenvalue weighted by atomic mass is 32.1. The van der Waals surface area contributed by atoms with E-state index in [1.807, 2.05) is 27.4 Å². The van der Waals surface area contributed by atoms with Crippen molar-refractivity contribution in [1.82, 2.24) is 15.0 Å². The van der Waals surface area contributed by atoms with E-state index in [2.05, 4.69) is 182 Å². The number of hydrogen-bond donors (Lipinski definition) is 0. The van der Waals surface area contributed by atoms with E-state index in [0.29, 0.717) is 0 Å². The van der Waals surface area contributed by atoms with E-state index in [1.54, 1.807) is 0 Å². The minimum atomic E-state index is -0.201. The number of benzene rings is 6. The predicted octanol–water partition coefficient (Wildman–Crippen LogP) is 13.3. The van der Waals surface area contributed by atoms with Gasteiger partial charge in [0, 0.05) is 27.8 Å². The number of fused-ring (bicyclic) bond motifs is 16. The zero-order valence-electron chi connectivity index (χ0n) is 32.8. The van der Waals surface area contributed by atoms with Crippen LogP contribution in [0.4, 0.5) is 0 Å². The summed E-state index contributed by atoms with van der Waals surface area (Å²) in [6.07, 6.45) is 7.73. The Morgan fingerprint density at radius 2 is 1.29 bits per heavy atom. The molecule has 0 bridgehead atoms. The summed E-state index contributed by atoms with van der Waals surface area (Å²) in [6, 6.07) is 53.9. The molecule has 0 saturated heterocycles. The van der Waals surface area contributed by atoms with Crippen molar-refractivity contribution < 1.29 is 4.57 Å². The van der Waals surface area contributed by atoms with Crippen LogP contribution in [-0.4, -0.2) is 15.0 Å². The number of hydrogen-bond acceptors (Lipinski definition) is 4. The first-order valence-corrected chi connectivity index (χ1v) is 22.5. The van der Waals surface area contributed by atoms with Gasteiger partial charge in [-0.2, -0.15) is 4.57 Å². The first kappa shape index (κ1) is 33.7. The third-order valence-electron chi connectivity index (χ3n) is 14.6. The van der Waals surface area contributed by atoms with Gasteiger partial charge in [-0.3, -0.25) is 0 Å². The summed E-state index contributed by atoms with van der Waals surface area (Å²) in [7, 11) is 0. The van der Waals surface area contributed by atoms with Crippen LogP contribution >= 0.6 is 22.7 Å². The van der Waals surface area contributed by atoms with E-state index >= 15 is 0 Å². The van der Waals surface area contributed by atoms with E-state index in [0.717, 1.165) is 35.5 Å². The molecule has 5 heterocycles. The number of pyridine rings is 1. The third kappa shape index (κ3) is 4.02. The molecule has 282 valence electrons. The second-order valence-electron chi connectivity index (χ2n) is 16.7. The summed E-state index contributed by atoms with van der Waals surface area (Å²) in [6.45, 7) is 4.88. The van der Waals surface area contributed by atoms with Crippen LogP contribution < -0.4 is 4.57 Å². The molecule has 2 aliphatic carbocycles. The van der Waals surface area contributed by atoms with Crippen LogP contribution in [0.3, 0.4) is 0 Å². The van der Waals surface area contributed by atoms with Gasteiger partial charge in [-0.1, -0.05) is 140 Å². The lowest BCUT2D eigenvalue weighted by atomic mass is 9.35. The Morgan fingerprint density at radius 3 is 2.12 bits per heavy atom. The molecule has 0 amide bonds. The summed E-state index contributed by atoms with van der Waals surface area (Å²) >= 11 is 3.89. The smallest absolute Gasteiger partial charge is 0.210 e. The quantitative estimate of drug-likeness (QED) is 0.163. The topological polar surface area (TPSA) is 34.6 Å². The van der Waals surface area contributed by atoms with Crippen molar-refractivity contribution in [1.29, 1.82) is 0 Å². The van der Waals surface area contributed by atoms with Crippen molar-refractivity contribution in [2.24, 2.45) is 0 Å². The monoisotopic (exact) mass is 795 g/mol. The van der Waals surface area contributed by atoms with Gasteiger partial charge in [0.2, 0.25) is 5.69 Å². The summed E-state index contributed by atoms with van der Waals surface area (Å²) in [5, 5.41) is 20.7. The lowest BCUT2D eigenvalue weighted by molar-refractivity contribution is -0.793. The van der Waals surface area contributed by atoms with Crippen molar-refractivity contribution >= 4 is 55.0 Å². The van der Waals surface area contributed by atoms with Gasteiger partial charge in [-0.15, -0.1) is 27.8 Å². The zero-order valence-corrected chi connectivity index (χ0v) is 34.4. The first-order valence-electron chi connectivity index (χ1n) is 20.8. The number of nitrogens with zero attached hydrogens (tertiary/aromatic N) is 4. The summed E-state index contributed by atoms with van der Waals surface area (Å²) < 4.78 is 4.79. The molecule has 1 spiro atoms. The van der Waals surface area contributed by atoms with Crippen LogP contribution in [0.15, 0.2) is 163 Å². The molecule has 4 aromatic heterocycles. The molecule has 0 N–H and O–H groups in total.